The lowest BCUT2D eigenvalue weighted by molar-refractivity contribution is 0.0655. The van der Waals surface area contributed by atoms with E-state index in [4.69, 9.17) is 9.72 Å². The number of hydrogen-bond donors (Lipinski definition) is 0. The van der Waals surface area contributed by atoms with Crippen molar-refractivity contribution in [2.75, 3.05) is 13.7 Å². The van der Waals surface area contributed by atoms with Crippen molar-refractivity contribution in [1.29, 1.82) is 0 Å². The molecule has 3 aromatic carbocycles. The van der Waals surface area contributed by atoms with Gasteiger partial charge < -0.3 is 9.64 Å². The van der Waals surface area contributed by atoms with Crippen LogP contribution in [0.1, 0.15) is 54.1 Å². The Morgan fingerprint density at radius 1 is 1.00 bits per heavy atom. The maximum atomic E-state index is 13.9. The molecule has 1 heterocycles. The molecule has 0 saturated carbocycles. The van der Waals surface area contributed by atoms with Crippen molar-refractivity contribution < 1.29 is 9.53 Å². The van der Waals surface area contributed by atoms with Gasteiger partial charge in [0.15, 0.2) is 0 Å². The van der Waals surface area contributed by atoms with Gasteiger partial charge in [-0.05, 0) is 74.7 Å². The molecule has 0 aliphatic rings. The molecule has 1 atom stereocenters. The fourth-order valence-corrected chi connectivity index (χ4v) is 4.57. The Morgan fingerprint density at radius 3 is 2.33 bits per heavy atom. The lowest BCUT2D eigenvalue weighted by Crippen LogP contribution is -2.39. The van der Waals surface area contributed by atoms with Crippen molar-refractivity contribution >= 4 is 16.8 Å². The summed E-state index contributed by atoms with van der Waals surface area (Å²) in [6, 6.07) is 20.0. The second kappa shape index (κ2) is 10.4. The second-order valence-corrected chi connectivity index (χ2v) is 9.67. The fourth-order valence-electron chi connectivity index (χ4n) is 4.57. The summed E-state index contributed by atoms with van der Waals surface area (Å²) in [4.78, 5) is 34.4. The number of aryl methyl sites for hydroxylation is 2. The zero-order valence-electron chi connectivity index (χ0n) is 21.8. The number of fused-ring (bicyclic) bond motifs is 1. The molecule has 0 spiro atoms. The molecule has 4 rings (SSSR count). The molecule has 1 unspecified atom stereocenters. The molecule has 0 N–H and O–H groups in total. The van der Waals surface area contributed by atoms with Gasteiger partial charge in [-0.15, -0.1) is 0 Å². The van der Waals surface area contributed by atoms with Crippen molar-refractivity contribution in [3.8, 4) is 11.4 Å². The number of carbonyl (C=O) groups is 1. The monoisotopic (exact) mass is 483 g/mol. The van der Waals surface area contributed by atoms with Crippen LogP contribution >= 0.6 is 0 Å². The third-order valence-corrected chi connectivity index (χ3v) is 6.40. The van der Waals surface area contributed by atoms with Crippen molar-refractivity contribution in [2.24, 2.45) is 5.92 Å². The molecule has 0 bridgehead atoms. The van der Waals surface area contributed by atoms with Crippen LogP contribution in [0.4, 0.5) is 0 Å². The van der Waals surface area contributed by atoms with E-state index in [1.807, 2.05) is 56.0 Å². The zero-order valence-corrected chi connectivity index (χ0v) is 21.8. The topological polar surface area (TPSA) is 64.4 Å². The van der Waals surface area contributed by atoms with E-state index in [1.165, 1.54) is 0 Å². The lowest BCUT2D eigenvalue weighted by atomic mass is 10.1. The molecule has 4 aromatic rings. The van der Waals surface area contributed by atoms with E-state index in [1.54, 1.807) is 42.0 Å². The minimum atomic E-state index is -0.458. The van der Waals surface area contributed by atoms with Gasteiger partial charge in [0.05, 0.1) is 29.7 Å². The Morgan fingerprint density at radius 2 is 1.69 bits per heavy atom. The van der Waals surface area contributed by atoms with Crippen molar-refractivity contribution in [3.05, 3.63) is 99.6 Å². The normalized spacial score (nSPS) is 12.1. The molecule has 0 radical (unpaired) electrons. The van der Waals surface area contributed by atoms with Crippen LogP contribution in [0.25, 0.3) is 16.6 Å². The Labute approximate surface area is 212 Å². The standard InChI is InChI=1S/C30H33N3O3/c1-19(2)18-32(29(34)23-12-14-24(36-6)15-13-23)22(5)28-31-26-10-8-7-9-25(26)30(35)33(28)27-16-11-20(3)17-21(27)4/h7-17,19,22H,18H2,1-6H3. The summed E-state index contributed by atoms with van der Waals surface area (Å²) in [5.74, 6) is 1.33. The maximum absolute atomic E-state index is 13.9. The number of nitrogens with zero attached hydrogens (tertiary/aromatic N) is 3. The molecule has 36 heavy (non-hydrogen) atoms. The van der Waals surface area contributed by atoms with Gasteiger partial charge in [0.25, 0.3) is 11.5 Å². The van der Waals surface area contributed by atoms with Crippen LogP contribution in [0.5, 0.6) is 5.75 Å². The Hall–Kier alpha value is -3.93. The van der Waals surface area contributed by atoms with Crippen LogP contribution in [0.2, 0.25) is 0 Å². The molecule has 6 nitrogen and oxygen atoms in total. The van der Waals surface area contributed by atoms with Crippen molar-refractivity contribution in [2.45, 2.75) is 40.7 Å². The first-order chi connectivity index (χ1) is 17.2. The van der Waals surface area contributed by atoms with E-state index in [-0.39, 0.29) is 17.4 Å². The molecule has 0 aliphatic heterocycles. The van der Waals surface area contributed by atoms with Crippen LogP contribution in [-0.2, 0) is 0 Å². The summed E-state index contributed by atoms with van der Waals surface area (Å²) in [6.45, 7) is 10.6. The van der Waals surface area contributed by atoms with Gasteiger partial charge in [-0.25, -0.2) is 4.98 Å². The molecule has 6 heteroatoms. The third-order valence-electron chi connectivity index (χ3n) is 6.40. The van der Waals surface area contributed by atoms with Crippen molar-refractivity contribution in [1.82, 2.24) is 14.5 Å². The predicted molar refractivity (Wildman–Crippen MR) is 144 cm³/mol. The zero-order chi connectivity index (χ0) is 26.0. The Kier molecular flexibility index (Phi) is 7.25. The first-order valence-corrected chi connectivity index (χ1v) is 12.3. The van der Waals surface area contributed by atoms with E-state index in [0.717, 1.165) is 16.8 Å². The van der Waals surface area contributed by atoms with E-state index in [2.05, 4.69) is 19.9 Å². The van der Waals surface area contributed by atoms with Crippen LogP contribution < -0.4 is 10.3 Å². The highest BCUT2D eigenvalue weighted by Gasteiger charge is 2.28. The summed E-state index contributed by atoms with van der Waals surface area (Å²) < 4.78 is 6.93. The SMILES string of the molecule is COc1ccc(C(=O)N(CC(C)C)C(C)c2nc3ccccc3c(=O)n2-c2ccc(C)cc2C)cc1. The van der Waals surface area contributed by atoms with Crippen LogP contribution in [0, 0.1) is 19.8 Å². The molecule has 0 aliphatic carbocycles. The third kappa shape index (κ3) is 4.89. The van der Waals surface area contributed by atoms with E-state index in [9.17, 15) is 9.59 Å². The molecular formula is C30H33N3O3. The maximum Gasteiger partial charge on any atom is 0.266 e. The highest BCUT2D eigenvalue weighted by Crippen LogP contribution is 2.27. The molecule has 0 fully saturated rings. The number of rotatable bonds is 7. The lowest BCUT2D eigenvalue weighted by Gasteiger charge is -2.32. The number of ether oxygens (including phenoxy) is 1. The number of para-hydroxylation sites is 1. The largest absolute Gasteiger partial charge is 0.497 e. The molecule has 0 saturated heterocycles. The van der Waals surface area contributed by atoms with Gasteiger partial charge in [-0.1, -0.05) is 43.7 Å². The summed E-state index contributed by atoms with van der Waals surface area (Å²) in [5, 5.41) is 0.547. The number of hydrogen-bond acceptors (Lipinski definition) is 4. The first kappa shape index (κ1) is 25.2. The van der Waals surface area contributed by atoms with Gasteiger partial charge in [-0.2, -0.15) is 0 Å². The number of methoxy groups -OCH3 is 1. The molecule has 186 valence electrons. The molecule has 1 aromatic heterocycles. The summed E-state index contributed by atoms with van der Waals surface area (Å²) in [5.41, 5.74) is 3.89. The van der Waals surface area contributed by atoms with Crippen LogP contribution in [-0.4, -0.2) is 34.0 Å². The Balaban J connectivity index is 1.91. The average Bonchev–Trinajstić information content (AvgIpc) is 2.87. The number of benzene rings is 3. The first-order valence-electron chi connectivity index (χ1n) is 12.3. The summed E-state index contributed by atoms with van der Waals surface area (Å²) >= 11 is 0. The quantitative estimate of drug-likeness (QED) is 0.330. The highest BCUT2D eigenvalue weighted by atomic mass is 16.5. The average molecular weight is 484 g/mol. The fraction of sp³-hybridized carbons (Fsp3) is 0.300. The van der Waals surface area contributed by atoms with Crippen LogP contribution in [0.15, 0.2) is 71.5 Å². The van der Waals surface area contributed by atoms with E-state index < -0.39 is 6.04 Å². The predicted octanol–water partition coefficient (Wildman–Crippen LogP) is 5.87. The minimum absolute atomic E-state index is 0.117. The number of amides is 1. The van der Waals surface area contributed by atoms with E-state index >= 15 is 0 Å². The summed E-state index contributed by atoms with van der Waals surface area (Å²) in [6.07, 6.45) is 0. The van der Waals surface area contributed by atoms with Gasteiger partial charge >= 0.3 is 0 Å². The van der Waals surface area contributed by atoms with Gasteiger partial charge in [-0.3, -0.25) is 14.2 Å². The van der Waals surface area contributed by atoms with Gasteiger partial charge in [0.2, 0.25) is 0 Å². The van der Waals surface area contributed by atoms with E-state index in [0.29, 0.717) is 34.6 Å². The second-order valence-electron chi connectivity index (χ2n) is 9.67. The van der Waals surface area contributed by atoms with Crippen LogP contribution in [0.3, 0.4) is 0 Å². The molecule has 1 amide bonds. The van der Waals surface area contributed by atoms with Gasteiger partial charge in [0.1, 0.15) is 11.6 Å². The Bertz CT molecular complexity index is 1460. The summed E-state index contributed by atoms with van der Waals surface area (Å²) in [7, 11) is 1.60. The molecular weight excluding hydrogens is 450 g/mol. The smallest absolute Gasteiger partial charge is 0.266 e. The minimum Gasteiger partial charge on any atom is -0.497 e. The van der Waals surface area contributed by atoms with Crippen molar-refractivity contribution in [3.63, 3.8) is 0 Å². The van der Waals surface area contributed by atoms with Gasteiger partial charge in [0, 0.05) is 12.1 Å². The highest BCUT2D eigenvalue weighted by molar-refractivity contribution is 5.94. The number of carbonyl (C=O) groups excluding carboxylic acids is 1. The number of aromatic nitrogens is 2.